The number of amidine groups is 1. The number of aryl methyl sites for hydroxylation is 2. The Hall–Kier alpha value is -5.62. The first-order valence-corrected chi connectivity index (χ1v) is 21.8. The summed E-state index contributed by atoms with van der Waals surface area (Å²) in [7, 11) is 0. The van der Waals surface area contributed by atoms with Gasteiger partial charge in [-0.1, -0.05) is 109 Å². The van der Waals surface area contributed by atoms with Crippen LogP contribution < -0.4 is 10.6 Å². The molecule has 0 aliphatic carbocycles. The van der Waals surface area contributed by atoms with E-state index in [4.69, 9.17) is 14.4 Å². The Morgan fingerprint density at radius 3 is 1.86 bits per heavy atom. The number of hydrogen-bond donors (Lipinski definition) is 2. The number of benzene rings is 3. The minimum atomic E-state index is -0.758. The van der Waals surface area contributed by atoms with Crippen molar-refractivity contribution in [1.82, 2.24) is 9.88 Å². The van der Waals surface area contributed by atoms with E-state index < -0.39 is 17.5 Å². The van der Waals surface area contributed by atoms with E-state index in [2.05, 4.69) is 143 Å². The lowest BCUT2D eigenvalue weighted by atomic mass is 9.98. The molecule has 0 bridgehead atoms. The van der Waals surface area contributed by atoms with E-state index in [1.807, 2.05) is 46.6 Å². The van der Waals surface area contributed by atoms with Gasteiger partial charge in [0.05, 0.1) is 15.6 Å². The summed E-state index contributed by atoms with van der Waals surface area (Å²) in [6.45, 7) is 34.5. The van der Waals surface area contributed by atoms with Crippen molar-refractivity contribution in [3.63, 3.8) is 0 Å². The number of anilines is 3. The van der Waals surface area contributed by atoms with Crippen LogP contribution >= 0.6 is 11.3 Å². The van der Waals surface area contributed by atoms with Crippen molar-refractivity contribution in [3.8, 4) is 0 Å². The van der Waals surface area contributed by atoms with Crippen LogP contribution in [-0.2, 0) is 19.8 Å². The van der Waals surface area contributed by atoms with Gasteiger partial charge in [-0.05, 0) is 109 Å². The molecule has 0 unspecified atom stereocenters. The highest BCUT2D eigenvalue weighted by Gasteiger charge is 2.18. The van der Waals surface area contributed by atoms with Crippen LogP contribution in [-0.4, -0.2) is 48.7 Å². The Kier molecular flexibility index (Phi) is 36.2. The maximum Gasteiger partial charge on any atom is 0.149 e. The fraction of sp³-hybridized carbons (Fsp3) is 0.392. The zero-order valence-electron chi connectivity index (χ0n) is 40.1. The minimum absolute atomic E-state index is 0.0500. The van der Waals surface area contributed by atoms with Gasteiger partial charge >= 0.3 is 0 Å². The molecule has 63 heavy (non-hydrogen) atoms. The molecule has 0 aliphatic rings. The second-order valence-electron chi connectivity index (χ2n) is 14.8. The Bertz CT molecular complexity index is 1890. The molecule has 0 aliphatic heterocycles. The molecule has 0 amide bonds. The Balaban J connectivity index is -0.000000850. The van der Waals surface area contributed by atoms with Crippen molar-refractivity contribution >= 4 is 60.2 Å². The predicted molar refractivity (Wildman–Crippen MR) is 266 cm³/mol. The average molecular weight is 894 g/mol. The Morgan fingerprint density at radius 1 is 0.857 bits per heavy atom. The third-order valence-electron chi connectivity index (χ3n) is 8.27. The predicted octanol–water partition coefficient (Wildman–Crippen LogP) is 14.6. The molecule has 0 radical (unpaired) electrons. The molecule has 348 valence electrons. The van der Waals surface area contributed by atoms with E-state index in [0.29, 0.717) is 11.6 Å². The van der Waals surface area contributed by atoms with Gasteiger partial charge in [-0.15, -0.1) is 11.3 Å². The number of carbonyl (C=O) groups excluding carboxylic acids is 3. The molecule has 0 saturated carbocycles. The maximum atomic E-state index is 13.6. The van der Waals surface area contributed by atoms with E-state index in [1.165, 1.54) is 41.0 Å². The highest BCUT2D eigenvalue weighted by Crippen LogP contribution is 2.31. The number of carbonyl (C=O) groups is 3. The highest BCUT2D eigenvalue weighted by atomic mass is 32.1. The summed E-state index contributed by atoms with van der Waals surface area (Å²) in [6.07, 6.45) is 17.2. The lowest BCUT2D eigenvalue weighted by molar-refractivity contribution is -0.0987. The molecule has 2 N–H and O–H groups in total. The SMILES string of the molecule is C/C=C/N(CC)C(C)C.C=O.C=O.C=O.CCC/C=C(/C=C\N=C(C)Nc1ccc(C)cc1)c1cnc(C(C)(C)C)s1.CCCC.Cc1cccc(Nc2c(F)cccc2F)c1F. The number of nitrogens with zero attached hydrogens (tertiary/aromatic N) is 3. The van der Waals surface area contributed by atoms with E-state index in [-0.39, 0.29) is 16.8 Å². The number of aromatic nitrogens is 1. The molecule has 0 atom stereocenters. The summed E-state index contributed by atoms with van der Waals surface area (Å²) in [5, 5.41) is 6.91. The van der Waals surface area contributed by atoms with Crippen LogP contribution in [0, 0.1) is 31.3 Å². The van der Waals surface area contributed by atoms with Crippen LogP contribution in [0.4, 0.5) is 30.2 Å². The van der Waals surface area contributed by atoms with Gasteiger partial charge in [-0.2, -0.15) is 0 Å². The van der Waals surface area contributed by atoms with Crippen molar-refractivity contribution in [1.29, 1.82) is 0 Å². The van der Waals surface area contributed by atoms with Crippen LogP contribution in [0.15, 0.2) is 102 Å². The van der Waals surface area contributed by atoms with Gasteiger partial charge in [0, 0.05) is 36.1 Å². The molecule has 1 aromatic heterocycles. The normalized spacial score (nSPS) is 10.8. The number of aliphatic imine (C=N–C) groups is 1. The van der Waals surface area contributed by atoms with Crippen molar-refractivity contribution in [2.45, 2.75) is 127 Å². The first-order valence-electron chi connectivity index (χ1n) is 20.9. The fourth-order valence-corrected chi connectivity index (χ4v) is 5.74. The second kappa shape index (κ2) is 37.0. The zero-order valence-corrected chi connectivity index (χ0v) is 40.9. The van der Waals surface area contributed by atoms with Gasteiger partial charge in [0.2, 0.25) is 0 Å². The van der Waals surface area contributed by atoms with Crippen LogP contribution in [0.5, 0.6) is 0 Å². The van der Waals surface area contributed by atoms with E-state index in [1.54, 1.807) is 30.4 Å². The molecule has 1 heterocycles. The fourth-order valence-electron chi connectivity index (χ4n) is 4.74. The molecule has 4 rings (SSSR count). The molecule has 12 heteroatoms. The molecular weight excluding hydrogens is 820 g/mol. The van der Waals surface area contributed by atoms with Crippen molar-refractivity contribution in [3.05, 3.63) is 136 Å². The minimum Gasteiger partial charge on any atom is -0.376 e. The standard InChI is InChI=1S/C23H31N3S.C13H10F3N.C8H17N.C4H10.3CH2O/c1-7-8-9-19(21-16-25-22(27-21)23(4,5)6)14-15-24-18(3)26-20-12-10-17(2)11-13-20;1-8-4-2-7-11(12(8)16)17-13-9(14)5-3-6-10(13)15;1-5-7-9(6-2)8(3)4;1-3-4-2;3*1-2/h9-16H,7-8H2,1-6H3,(H,24,26);2-7,17H,1H3;5,7-8H,6H2,1-4H3;3-4H2,1-2H3;3*1H2/b15-14-,19-9-;;7-5+;;;;. The monoisotopic (exact) mass is 894 g/mol. The summed E-state index contributed by atoms with van der Waals surface area (Å²) in [6, 6.07) is 17.0. The first-order chi connectivity index (χ1) is 30.0. The van der Waals surface area contributed by atoms with Gasteiger partial charge in [0.1, 0.15) is 49.3 Å². The van der Waals surface area contributed by atoms with Crippen LogP contribution in [0.2, 0.25) is 0 Å². The number of thiazole rings is 1. The van der Waals surface area contributed by atoms with Gasteiger partial charge in [0.25, 0.3) is 0 Å². The molecule has 4 aromatic rings. The zero-order chi connectivity index (χ0) is 49.0. The number of nitrogens with one attached hydrogen (secondary N) is 2. The van der Waals surface area contributed by atoms with Gasteiger partial charge in [-0.25, -0.2) is 23.1 Å². The highest BCUT2D eigenvalue weighted by molar-refractivity contribution is 7.13. The van der Waals surface area contributed by atoms with Crippen molar-refractivity contribution < 1.29 is 27.6 Å². The lowest BCUT2D eigenvalue weighted by Gasteiger charge is -2.22. The van der Waals surface area contributed by atoms with Crippen LogP contribution in [0.3, 0.4) is 0 Å². The first kappa shape index (κ1) is 61.7. The van der Waals surface area contributed by atoms with E-state index in [0.717, 1.165) is 48.0 Å². The topological polar surface area (TPSA) is 104 Å². The summed E-state index contributed by atoms with van der Waals surface area (Å²) >= 11 is 1.77. The number of halogens is 3. The lowest BCUT2D eigenvalue weighted by Crippen LogP contribution is -2.24. The average Bonchev–Trinajstić information content (AvgIpc) is 3.79. The summed E-state index contributed by atoms with van der Waals surface area (Å²) in [5.74, 6) is -1.17. The van der Waals surface area contributed by atoms with Gasteiger partial charge in [0.15, 0.2) is 0 Å². The smallest absolute Gasteiger partial charge is 0.149 e. The van der Waals surface area contributed by atoms with E-state index >= 15 is 0 Å². The van der Waals surface area contributed by atoms with Crippen LogP contribution in [0.1, 0.15) is 123 Å². The quantitative estimate of drug-likeness (QED) is 0.0829. The molecule has 8 nitrogen and oxygen atoms in total. The largest absolute Gasteiger partial charge is 0.376 e. The number of rotatable bonds is 12. The third kappa shape index (κ3) is 26.5. The second-order valence-corrected chi connectivity index (χ2v) is 15.8. The summed E-state index contributed by atoms with van der Waals surface area (Å²) < 4.78 is 40.3. The van der Waals surface area contributed by atoms with Gasteiger partial charge in [-0.3, -0.25) is 0 Å². The molecule has 0 fully saturated rings. The molecule has 0 saturated heterocycles. The number of hydrogen-bond acceptors (Lipinski definition) is 8. The molecule has 3 aromatic carbocycles. The number of allylic oxidation sites excluding steroid dienone is 4. The van der Waals surface area contributed by atoms with E-state index in [9.17, 15) is 13.2 Å². The van der Waals surface area contributed by atoms with Crippen LogP contribution in [0.25, 0.3) is 5.57 Å². The summed E-state index contributed by atoms with van der Waals surface area (Å²) in [4.78, 5) is 36.6. The Labute approximate surface area is 381 Å². The van der Waals surface area contributed by atoms with Crippen molar-refractivity contribution in [2.24, 2.45) is 4.99 Å². The number of unbranched alkanes of at least 4 members (excludes halogenated alkanes) is 2. The Morgan fingerprint density at radius 2 is 1.41 bits per heavy atom. The maximum absolute atomic E-state index is 13.6. The molecular formula is C51H74F3N5O3S. The van der Waals surface area contributed by atoms with Crippen molar-refractivity contribution in [2.75, 3.05) is 17.2 Å². The van der Waals surface area contributed by atoms with Gasteiger partial charge < -0.3 is 29.9 Å². The molecule has 0 spiro atoms. The third-order valence-corrected chi connectivity index (χ3v) is 9.74. The number of para-hydroxylation sites is 1. The summed E-state index contributed by atoms with van der Waals surface area (Å²) in [5.41, 5.74) is 3.68.